The van der Waals surface area contributed by atoms with Crippen LogP contribution in [-0.4, -0.2) is 54.5 Å². The Morgan fingerprint density at radius 3 is 2.63 bits per heavy atom. The quantitative estimate of drug-likeness (QED) is 0.357. The molecule has 0 spiro atoms. The summed E-state index contributed by atoms with van der Waals surface area (Å²) >= 11 is 7.84. The number of benzene rings is 1. The van der Waals surface area contributed by atoms with Gasteiger partial charge in [-0.15, -0.1) is 11.8 Å². The number of hydrogen-bond donors (Lipinski definition) is 0. The molecule has 2 aromatic heterocycles. The average molecular weight is 420 g/mol. The predicted molar refractivity (Wildman–Crippen MR) is 111 cm³/mol. The third-order valence-electron chi connectivity index (χ3n) is 4.35. The highest BCUT2D eigenvalue weighted by molar-refractivity contribution is 7.99. The number of fused-ring (bicyclic) bond motifs is 1. The number of hydrogen-bond acceptors (Lipinski definition) is 7. The van der Waals surface area contributed by atoms with Crippen LogP contribution in [0.25, 0.3) is 11.0 Å². The summed E-state index contributed by atoms with van der Waals surface area (Å²) in [5, 5.41) is 0.992. The first-order valence-electron chi connectivity index (χ1n) is 8.65. The van der Waals surface area contributed by atoms with Crippen LogP contribution in [0.3, 0.4) is 0 Å². The van der Waals surface area contributed by atoms with E-state index in [9.17, 15) is 4.21 Å². The lowest BCUT2D eigenvalue weighted by atomic mass is 10.2. The van der Waals surface area contributed by atoms with Gasteiger partial charge in [-0.2, -0.15) is 4.98 Å². The molecule has 4 rings (SSSR count). The molecule has 1 aromatic carbocycles. The second-order valence-corrected chi connectivity index (χ2v) is 9.23. The summed E-state index contributed by atoms with van der Waals surface area (Å²) in [6, 6.07) is 10.4. The number of anilines is 1. The molecule has 3 heterocycles. The van der Waals surface area contributed by atoms with Crippen LogP contribution >= 0.6 is 23.4 Å². The zero-order valence-electron chi connectivity index (χ0n) is 14.5. The van der Waals surface area contributed by atoms with Crippen molar-refractivity contribution in [2.45, 2.75) is 11.4 Å². The maximum absolute atomic E-state index is 11.7. The molecular weight excluding hydrogens is 402 g/mol. The fourth-order valence-corrected chi connectivity index (χ4v) is 5.12. The highest BCUT2D eigenvalue weighted by Crippen LogP contribution is 2.30. The first-order valence-corrected chi connectivity index (χ1v) is 11.5. The highest BCUT2D eigenvalue weighted by atomic mass is 35.5. The van der Waals surface area contributed by atoms with Gasteiger partial charge < -0.3 is 4.90 Å². The molecule has 0 radical (unpaired) electrons. The second-order valence-electron chi connectivity index (χ2n) is 6.11. The zero-order valence-corrected chi connectivity index (χ0v) is 16.9. The van der Waals surface area contributed by atoms with E-state index in [2.05, 4.69) is 37.0 Å². The van der Waals surface area contributed by atoms with Crippen molar-refractivity contribution < 1.29 is 4.21 Å². The van der Waals surface area contributed by atoms with E-state index in [1.807, 2.05) is 18.2 Å². The van der Waals surface area contributed by atoms with E-state index < -0.39 is 10.8 Å². The summed E-state index contributed by atoms with van der Waals surface area (Å²) < 4.78 is 11.7. The number of aryl methyl sites for hydroxylation is 1. The number of nitrogens with zero attached hydrogens (tertiary/aromatic N) is 5. The van der Waals surface area contributed by atoms with Gasteiger partial charge in [0.2, 0.25) is 5.28 Å². The average Bonchev–Trinajstić information content (AvgIpc) is 2.69. The van der Waals surface area contributed by atoms with Gasteiger partial charge in [0.05, 0.1) is 0 Å². The van der Waals surface area contributed by atoms with E-state index >= 15 is 0 Å². The third kappa shape index (κ3) is 4.39. The van der Waals surface area contributed by atoms with E-state index in [1.54, 1.807) is 18.1 Å². The molecule has 6 nitrogen and oxygen atoms in total. The summed E-state index contributed by atoms with van der Waals surface area (Å²) in [7, 11) is -0.756. The molecular formula is C18H18ClN5OS2. The van der Waals surface area contributed by atoms with Gasteiger partial charge in [-0.1, -0.05) is 30.3 Å². The molecule has 0 aliphatic carbocycles. The van der Waals surface area contributed by atoms with E-state index in [4.69, 9.17) is 11.6 Å². The highest BCUT2D eigenvalue weighted by Gasteiger charge is 2.22. The Hall–Kier alpha value is -1.77. The molecule has 27 heavy (non-hydrogen) atoms. The van der Waals surface area contributed by atoms with Crippen LogP contribution in [0.15, 0.2) is 41.7 Å². The Morgan fingerprint density at radius 1 is 1.07 bits per heavy atom. The summed E-state index contributed by atoms with van der Waals surface area (Å²) in [6.07, 6.45) is 2.50. The minimum Gasteiger partial charge on any atom is -0.353 e. The lowest BCUT2D eigenvalue weighted by Crippen LogP contribution is -2.38. The van der Waals surface area contributed by atoms with Gasteiger partial charge in [0.1, 0.15) is 22.4 Å². The molecule has 0 atom stereocenters. The molecule has 9 heteroatoms. The fourth-order valence-electron chi connectivity index (χ4n) is 2.97. The summed E-state index contributed by atoms with van der Waals surface area (Å²) in [5.74, 6) is 2.85. The van der Waals surface area contributed by atoms with Crippen LogP contribution in [0.2, 0.25) is 5.28 Å². The number of halogens is 1. The Balaban J connectivity index is 1.59. The van der Waals surface area contributed by atoms with Crippen LogP contribution < -0.4 is 4.90 Å². The van der Waals surface area contributed by atoms with Crippen molar-refractivity contribution in [3.63, 3.8) is 0 Å². The van der Waals surface area contributed by atoms with E-state index in [0.29, 0.717) is 41.4 Å². The summed E-state index contributed by atoms with van der Waals surface area (Å²) in [5.41, 5.74) is 2.67. The number of aromatic nitrogens is 4. The molecule has 0 bridgehead atoms. The standard InChI is InChI=1S/C18H18ClN5OS2/c19-18-22-15-14(16(23-18)24-7-10-27(25)11-8-24)20-12-21-17(15)26-9-6-13-4-2-1-3-5-13/h1-5,12H,6-11H2. The largest absolute Gasteiger partial charge is 0.353 e. The molecule has 0 saturated carbocycles. The third-order valence-corrected chi connectivity index (χ3v) is 6.78. The SMILES string of the molecule is O=S1CCN(c2nc(Cl)nc3c(SCCc4ccccc4)ncnc23)CC1. The lowest BCUT2D eigenvalue weighted by molar-refractivity contribution is 0.672. The first kappa shape index (κ1) is 18.6. The Morgan fingerprint density at radius 2 is 1.85 bits per heavy atom. The van der Waals surface area contributed by atoms with Crippen molar-refractivity contribution in [3.05, 3.63) is 47.5 Å². The predicted octanol–water partition coefficient (Wildman–Crippen LogP) is 2.98. The van der Waals surface area contributed by atoms with Gasteiger partial charge in [0.25, 0.3) is 0 Å². The normalized spacial score (nSPS) is 15.4. The fraction of sp³-hybridized carbons (Fsp3) is 0.333. The Bertz CT molecular complexity index is 963. The molecule has 1 fully saturated rings. The van der Waals surface area contributed by atoms with E-state index in [0.717, 1.165) is 17.2 Å². The van der Waals surface area contributed by atoms with Crippen LogP contribution in [0.4, 0.5) is 5.82 Å². The second kappa shape index (κ2) is 8.50. The monoisotopic (exact) mass is 419 g/mol. The molecule has 0 amide bonds. The number of thioether (sulfide) groups is 1. The molecule has 1 aliphatic heterocycles. The van der Waals surface area contributed by atoms with Gasteiger partial charge in [0, 0.05) is 41.1 Å². The van der Waals surface area contributed by atoms with Crippen LogP contribution in [-0.2, 0) is 17.2 Å². The van der Waals surface area contributed by atoms with Crippen molar-refractivity contribution in [2.24, 2.45) is 0 Å². The molecule has 0 N–H and O–H groups in total. The van der Waals surface area contributed by atoms with Crippen molar-refractivity contribution >= 4 is 51.0 Å². The van der Waals surface area contributed by atoms with Gasteiger partial charge in [-0.25, -0.2) is 15.0 Å². The van der Waals surface area contributed by atoms with Crippen LogP contribution in [0.5, 0.6) is 0 Å². The Labute approximate surface area is 169 Å². The molecule has 3 aromatic rings. The Kier molecular flexibility index (Phi) is 5.85. The summed E-state index contributed by atoms with van der Waals surface area (Å²) in [4.78, 5) is 19.7. The zero-order chi connectivity index (χ0) is 18.6. The minimum absolute atomic E-state index is 0.184. The van der Waals surface area contributed by atoms with Gasteiger partial charge in [-0.3, -0.25) is 4.21 Å². The molecule has 1 aliphatic rings. The van der Waals surface area contributed by atoms with Crippen molar-refractivity contribution in [2.75, 3.05) is 35.2 Å². The van der Waals surface area contributed by atoms with Crippen molar-refractivity contribution in [1.82, 2.24) is 19.9 Å². The smallest absolute Gasteiger partial charge is 0.225 e. The summed E-state index contributed by atoms with van der Waals surface area (Å²) in [6.45, 7) is 1.35. The maximum Gasteiger partial charge on any atom is 0.225 e. The molecule has 1 saturated heterocycles. The topological polar surface area (TPSA) is 71.9 Å². The van der Waals surface area contributed by atoms with E-state index in [1.165, 1.54) is 5.56 Å². The minimum atomic E-state index is -0.756. The van der Waals surface area contributed by atoms with Gasteiger partial charge in [0.15, 0.2) is 5.82 Å². The van der Waals surface area contributed by atoms with Gasteiger partial charge >= 0.3 is 0 Å². The van der Waals surface area contributed by atoms with Crippen LogP contribution in [0, 0.1) is 0 Å². The lowest BCUT2D eigenvalue weighted by Gasteiger charge is -2.27. The van der Waals surface area contributed by atoms with Crippen molar-refractivity contribution in [1.29, 1.82) is 0 Å². The van der Waals surface area contributed by atoms with E-state index in [-0.39, 0.29) is 5.28 Å². The molecule has 0 unspecified atom stereocenters. The maximum atomic E-state index is 11.7. The van der Waals surface area contributed by atoms with Gasteiger partial charge in [-0.05, 0) is 23.6 Å². The number of rotatable bonds is 5. The van der Waals surface area contributed by atoms with Crippen LogP contribution in [0.1, 0.15) is 5.56 Å². The molecule has 140 valence electrons. The first-order chi connectivity index (χ1) is 13.2. The van der Waals surface area contributed by atoms with Crippen molar-refractivity contribution in [3.8, 4) is 0 Å².